The Morgan fingerprint density at radius 1 is 0.776 bits per heavy atom. The Kier molecular flexibility index (Phi) is 20.4. The van der Waals surface area contributed by atoms with E-state index in [0.717, 1.165) is 12.0 Å². The number of aliphatic imine (C=N–C) groups is 1. The van der Waals surface area contributed by atoms with Crippen molar-refractivity contribution in [1.82, 2.24) is 5.32 Å². The van der Waals surface area contributed by atoms with E-state index in [1.807, 2.05) is 57.2 Å². The quantitative estimate of drug-likeness (QED) is 0.140. The van der Waals surface area contributed by atoms with E-state index in [9.17, 15) is 28.3 Å². The Morgan fingerprint density at radius 3 is 1.72 bits per heavy atom. The molecule has 2 aliphatic carbocycles. The Hall–Kier alpha value is -3.51. The molecule has 0 saturated heterocycles. The molecule has 2 amide bonds. The molecule has 2 aromatic rings. The van der Waals surface area contributed by atoms with E-state index in [-0.39, 0.29) is 31.2 Å². The summed E-state index contributed by atoms with van der Waals surface area (Å²) in [5, 5.41) is 1.31. The van der Waals surface area contributed by atoms with Crippen LogP contribution in [0.3, 0.4) is 0 Å². The average molecular weight is 851 g/mol. The molecule has 4 rings (SSSR count). The fraction of sp³-hybridized carbons (Fsp3) is 0.595. The zero-order valence-electron chi connectivity index (χ0n) is 35.8. The predicted octanol–water partition coefficient (Wildman–Crippen LogP) is 10.4. The highest BCUT2D eigenvalue weighted by Crippen LogP contribution is 2.68. The molecule has 0 bridgehead atoms. The first-order valence-electron chi connectivity index (χ1n) is 19.9. The number of ketones is 2. The van der Waals surface area contributed by atoms with Gasteiger partial charge in [0.2, 0.25) is 0 Å². The van der Waals surface area contributed by atoms with Gasteiger partial charge in [-0.25, -0.2) is 9.59 Å². The number of nitrogens with one attached hydrogen (secondary N) is 1. The summed E-state index contributed by atoms with van der Waals surface area (Å²) in [4.78, 5) is 52.3. The van der Waals surface area contributed by atoms with E-state index in [0.29, 0.717) is 44.5 Å². The molecule has 2 aliphatic rings. The molecule has 58 heavy (non-hydrogen) atoms. The number of carbonyl (C=O) groups excluding carboxylic acids is 4. The van der Waals surface area contributed by atoms with Gasteiger partial charge in [-0.3, -0.25) is 18.7 Å². The number of benzene rings is 2. The van der Waals surface area contributed by atoms with E-state index in [2.05, 4.69) is 10.3 Å². The maximum absolute atomic E-state index is 14.0. The van der Waals surface area contributed by atoms with Crippen molar-refractivity contribution in [2.45, 2.75) is 136 Å². The molecule has 0 aromatic heterocycles. The van der Waals surface area contributed by atoms with Gasteiger partial charge in [-0.05, 0) is 106 Å². The van der Waals surface area contributed by atoms with Crippen molar-refractivity contribution in [2.75, 3.05) is 26.4 Å². The van der Waals surface area contributed by atoms with Crippen LogP contribution in [0.5, 0.6) is 0 Å². The van der Waals surface area contributed by atoms with Crippen molar-refractivity contribution >= 4 is 45.2 Å². The minimum atomic E-state index is -3.90. The number of hydrogen-bond donors (Lipinski definition) is 1. The van der Waals surface area contributed by atoms with Crippen LogP contribution in [0.15, 0.2) is 65.7 Å². The maximum atomic E-state index is 14.0. The minimum Gasteiger partial charge on any atom is -0.444 e. The van der Waals surface area contributed by atoms with E-state index in [1.54, 1.807) is 72.7 Å². The second-order valence-electron chi connectivity index (χ2n) is 15.4. The fourth-order valence-electron chi connectivity index (χ4n) is 6.45. The standard InChI is InChI=1S/C21H32NO6P.C12H15NO2.C9H17O4P/c1-6-26-29(25,27-7-2)21(15-11-14-17(21)23)18(16-12-9-8-10-13-16)22-19(24)28-20(3,4)5;1-12(2,3)15-11(14)13-9-10-7-5-4-6-8-10;1-3-12-14(11,13-4-2)9-7-5-6-8(9)10/h8-10,12-13,18H,6-7,11,14-15H2,1-5H3,(H,22,24);4-9H,1-3H3;9H,3-7H2,1-2H3/t18-,21-;;/m1../s1. The fourth-order valence-corrected chi connectivity index (χ4v) is 11.2. The molecular formula is C42H64N2O12P2. The third-order valence-electron chi connectivity index (χ3n) is 8.59. The largest absolute Gasteiger partial charge is 0.444 e. The van der Waals surface area contributed by atoms with Gasteiger partial charge in [0.1, 0.15) is 22.6 Å². The third kappa shape index (κ3) is 15.3. The number of alkyl carbamates (subject to hydrolysis) is 1. The summed E-state index contributed by atoms with van der Waals surface area (Å²) >= 11 is 0. The van der Waals surface area contributed by atoms with Crippen LogP contribution in [0.1, 0.15) is 125 Å². The molecule has 1 N–H and O–H groups in total. The highest BCUT2D eigenvalue weighted by atomic mass is 31.2. The van der Waals surface area contributed by atoms with Crippen molar-refractivity contribution in [3.8, 4) is 0 Å². The minimum absolute atomic E-state index is 0.0234. The Labute approximate surface area is 344 Å². The van der Waals surface area contributed by atoms with Crippen molar-refractivity contribution in [2.24, 2.45) is 4.99 Å². The first-order chi connectivity index (χ1) is 27.2. The summed E-state index contributed by atoms with van der Waals surface area (Å²) in [5.41, 5.74) is -0.203. The lowest BCUT2D eigenvalue weighted by Gasteiger charge is -2.41. The molecule has 0 aliphatic heterocycles. The van der Waals surface area contributed by atoms with Crippen LogP contribution in [0.25, 0.3) is 0 Å². The molecule has 2 saturated carbocycles. The zero-order chi connectivity index (χ0) is 43.6. The Bertz CT molecular complexity index is 1720. The lowest BCUT2D eigenvalue weighted by atomic mass is 9.90. The van der Waals surface area contributed by atoms with Crippen LogP contribution in [0.4, 0.5) is 9.59 Å². The molecule has 0 heterocycles. The summed E-state index contributed by atoms with van der Waals surface area (Å²) in [6, 6.07) is 17.5. The second-order valence-corrected chi connectivity index (χ2v) is 20.0. The van der Waals surface area contributed by atoms with E-state index in [4.69, 9.17) is 27.6 Å². The molecule has 0 spiro atoms. The molecule has 16 heteroatoms. The first-order valence-corrected chi connectivity index (χ1v) is 23.1. The van der Waals surface area contributed by atoms with E-state index >= 15 is 0 Å². The Balaban J connectivity index is 0.000000335. The number of hydrogen-bond acceptors (Lipinski definition) is 12. The monoisotopic (exact) mass is 850 g/mol. The van der Waals surface area contributed by atoms with Crippen LogP contribution >= 0.6 is 15.2 Å². The number of carbonyl (C=O) groups is 4. The van der Waals surface area contributed by atoms with Crippen LogP contribution in [0.2, 0.25) is 0 Å². The first kappa shape index (κ1) is 50.6. The smallest absolute Gasteiger partial charge is 0.434 e. The zero-order valence-corrected chi connectivity index (χ0v) is 37.6. The highest BCUT2D eigenvalue weighted by Gasteiger charge is 2.63. The van der Waals surface area contributed by atoms with Gasteiger partial charge in [-0.15, -0.1) is 0 Å². The lowest BCUT2D eigenvalue weighted by Crippen LogP contribution is -2.50. The lowest BCUT2D eigenvalue weighted by molar-refractivity contribution is -0.121. The van der Waals surface area contributed by atoms with Gasteiger partial charge in [0.05, 0.1) is 32.5 Å². The average Bonchev–Trinajstić information content (AvgIpc) is 3.76. The van der Waals surface area contributed by atoms with E-state index < -0.39 is 55.4 Å². The predicted molar refractivity (Wildman–Crippen MR) is 225 cm³/mol. The van der Waals surface area contributed by atoms with Crippen molar-refractivity contribution in [3.05, 3.63) is 71.8 Å². The molecule has 324 valence electrons. The van der Waals surface area contributed by atoms with Crippen LogP contribution in [-0.4, -0.2) is 78.4 Å². The summed E-state index contributed by atoms with van der Waals surface area (Å²) < 4.78 is 58.1. The van der Waals surface area contributed by atoms with Gasteiger partial charge in [-0.1, -0.05) is 60.7 Å². The summed E-state index contributed by atoms with van der Waals surface area (Å²) in [7, 11) is -7.08. The molecule has 2 aromatic carbocycles. The second kappa shape index (κ2) is 23.3. The van der Waals surface area contributed by atoms with Gasteiger partial charge < -0.3 is 32.9 Å². The number of Topliss-reactive ketones (excluding diaryl/α,β-unsaturated/α-hetero) is 2. The molecular weight excluding hydrogens is 786 g/mol. The molecule has 1 unspecified atom stereocenters. The number of nitrogens with zero attached hydrogens (tertiary/aromatic N) is 1. The molecule has 0 radical (unpaired) electrons. The van der Waals surface area contributed by atoms with Crippen LogP contribution < -0.4 is 5.32 Å². The van der Waals surface area contributed by atoms with Gasteiger partial charge in [0.25, 0.3) is 0 Å². The van der Waals surface area contributed by atoms with Gasteiger partial charge in [0, 0.05) is 19.1 Å². The van der Waals surface area contributed by atoms with Crippen LogP contribution in [-0.2, 0) is 46.3 Å². The summed E-state index contributed by atoms with van der Waals surface area (Å²) in [6.45, 7) is 18.5. The van der Waals surface area contributed by atoms with E-state index in [1.165, 1.54) is 6.21 Å². The number of rotatable bonds is 14. The molecule has 3 atom stereocenters. The van der Waals surface area contributed by atoms with Crippen LogP contribution in [0, 0.1) is 0 Å². The van der Waals surface area contributed by atoms with Crippen molar-refractivity contribution in [1.29, 1.82) is 0 Å². The topological polar surface area (TPSA) is 182 Å². The van der Waals surface area contributed by atoms with Crippen molar-refractivity contribution in [3.63, 3.8) is 0 Å². The normalized spacial score (nSPS) is 19.1. The van der Waals surface area contributed by atoms with Gasteiger partial charge in [0.15, 0.2) is 10.9 Å². The SMILES string of the molecule is CC(C)(C)OC(=O)N=Cc1ccccc1.CCOP(=O)(OCC)C1CCCC1=O.CCOP(=O)(OCC)[C@]1([C@H](NC(=O)OC(C)(C)C)c2ccccc2)CCCC1=O. The number of ether oxygens (including phenoxy) is 2. The van der Waals surface area contributed by atoms with Gasteiger partial charge in [-0.2, -0.15) is 4.99 Å². The number of amides is 2. The van der Waals surface area contributed by atoms with Gasteiger partial charge >= 0.3 is 27.4 Å². The highest BCUT2D eigenvalue weighted by molar-refractivity contribution is 7.57. The summed E-state index contributed by atoms with van der Waals surface area (Å²) in [6.07, 6.45) is 3.27. The molecule has 2 fully saturated rings. The maximum Gasteiger partial charge on any atom is 0.434 e. The van der Waals surface area contributed by atoms with Crippen molar-refractivity contribution < 1.29 is 55.9 Å². The Morgan fingerprint density at radius 2 is 1.29 bits per heavy atom. The summed E-state index contributed by atoms with van der Waals surface area (Å²) in [5.74, 6) is -0.206. The third-order valence-corrected chi connectivity index (χ3v) is 14.0. The molecule has 14 nitrogen and oxygen atoms in total.